The normalized spacial score (nSPS) is 12.6. The number of carbonyl (C=O) groups excluding carboxylic acids is 4. The molecule has 8 nitrogen and oxygen atoms in total. The van der Waals surface area contributed by atoms with Gasteiger partial charge in [-0.15, -0.1) is 0 Å². The number of hydrogen-bond donors (Lipinski definition) is 1. The van der Waals surface area contributed by atoms with Crippen molar-refractivity contribution >= 4 is 40.4 Å². The lowest BCUT2D eigenvalue weighted by atomic mass is 10.1. The minimum atomic E-state index is -0.483. The topological polar surface area (TPSA) is 99.9 Å². The fourth-order valence-electron chi connectivity index (χ4n) is 3.17. The SMILES string of the molecule is CN(C)C(=O)Sc1ccccc1NC(=O)c1ccc2c(c1)C(=O)N(Cc1ccco1)C2=O. The number of carbonyl (C=O) groups is 4. The van der Waals surface area contributed by atoms with Crippen LogP contribution >= 0.6 is 11.8 Å². The van der Waals surface area contributed by atoms with Gasteiger partial charge in [-0.3, -0.25) is 24.1 Å². The summed E-state index contributed by atoms with van der Waals surface area (Å²) in [6, 6.07) is 14.7. The van der Waals surface area contributed by atoms with Crippen LogP contribution in [0.3, 0.4) is 0 Å². The van der Waals surface area contributed by atoms with Gasteiger partial charge in [-0.25, -0.2) is 0 Å². The van der Waals surface area contributed by atoms with E-state index in [4.69, 9.17) is 4.42 Å². The van der Waals surface area contributed by atoms with E-state index in [1.54, 1.807) is 50.5 Å². The standard InChI is InChI=1S/C23H19N3O5S/c1-25(2)23(30)32-19-8-4-3-7-18(19)24-20(27)14-9-10-16-17(12-14)22(29)26(21(16)28)13-15-6-5-11-31-15/h3-12H,13H2,1-2H3,(H,24,27). The summed E-state index contributed by atoms with van der Waals surface area (Å²) >= 11 is 0.996. The number of thioether (sulfide) groups is 1. The third-order valence-corrected chi connectivity index (χ3v) is 5.94. The van der Waals surface area contributed by atoms with Crippen LogP contribution in [0.25, 0.3) is 0 Å². The minimum absolute atomic E-state index is 0.0192. The first kappa shape index (κ1) is 21.4. The van der Waals surface area contributed by atoms with Crippen molar-refractivity contribution < 1.29 is 23.6 Å². The summed E-state index contributed by atoms with van der Waals surface area (Å²) in [5.41, 5.74) is 1.11. The van der Waals surface area contributed by atoms with Crippen LogP contribution in [0.2, 0.25) is 0 Å². The van der Waals surface area contributed by atoms with Crippen LogP contribution in [0, 0.1) is 0 Å². The molecule has 0 fully saturated rings. The molecule has 3 aromatic rings. The third-order valence-electron chi connectivity index (χ3n) is 4.82. The van der Waals surface area contributed by atoms with Crippen molar-refractivity contribution in [3.8, 4) is 0 Å². The first-order valence-electron chi connectivity index (χ1n) is 9.67. The summed E-state index contributed by atoms with van der Waals surface area (Å²) in [6.45, 7) is 0.0192. The van der Waals surface area contributed by atoms with Gasteiger partial charge in [0.15, 0.2) is 0 Å². The Morgan fingerprint density at radius 3 is 2.47 bits per heavy atom. The highest BCUT2D eigenvalue weighted by atomic mass is 32.2. The Labute approximate surface area is 188 Å². The molecule has 4 rings (SSSR count). The summed E-state index contributed by atoms with van der Waals surface area (Å²) in [6.07, 6.45) is 1.47. The van der Waals surface area contributed by atoms with E-state index in [0.717, 1.165) is 16.7 Å². The van der Waals surface area contributed by atoms with Crippen LogP contribution in [-0.2, 0) is 6.54 Å². The van der Waals surface area contributed by atoms with E-state index in [2.05, 4.69) is 5.32 Å². The second-order valence-corrected chi connectivity index (χ2v) is 8.24. The number of imide groups is 1. The summed E-state index contributed by atoms with van der Waals surface area (Å²) < 4.78 is 5.23. The molecule has 0 saturated heterocycles. The largest absolute Gasteiger partial charge is 0.467 e. The van der Waals surface area contributed by atoms with Crippen LogP contribution in [0.5, 0.6) is 0 Å². The van der Waals surface area contributed by atoms with Gasteiger partial charge in [-0.1, -0.05) is 12.1 Å². The molecule has 1 aliphatic rings. The molecular formula is C23H19N3O5S. The van der Waals surface area contributed by atoms with E-state index in [9.17, 15) is 19.2 Å². The van der Waals surface area contributed by atoms with Crippen LogP contribution in [0.1, 0.15) is 36.8 Å². The molecule has 0 radical (unpaired) electrons. The van der Waals surface area contributed by atoms with Crippen molar-refractivity contribution in [2.45, 2.75) is 11.4 Å². The maximum atomic E-state index is 12.9. The van der Waals surface area contributed by atoms with E-state index < -0.39 is 17.7 Å². The monoisotopic (exact) mass is 449 g/mol. The quantitative estimate of drug-likeness (QED) is 0.465. The fourth-order valence-corrected chi connectivity index (χ4v) is 3.92. The number of hydrogen-bond acceptors (Lipinski definition) is 6. The maximum absolute atomic E-state index is 12.9. The predicted molar refractivity (Wildman–Crippen MR) is 119 cm³/mol. The molecule has 2 aromatic carbocycles. The molecule has 9 heteroatoms. The van der Waals surface area contributed by atoms with Gasteiger partial charge in [0.1, 0.15) is 5.76 Å². The van der Waals surface area contributed by atoms with E-state index >= 15 is 0 Å². The van der Waals surface area contributed by atoms with Crippen molar-refractivity contribution in [3.63, 3.8) is 0 Å². The van der Waals surface area contributed by atoms with E-state index in [1.807, 2.05) is 0 Å². The number of nitrogens with zero attached hydrogens (tertiary/aromatic N) is 2. The van der Waals surface area contributed by atoms with Crippen LogP contribution in [0.4, 0.5) is 10.5 Å². The highest BCUT2D eigenvalue weighted by Gasteiger charge is 2.36. The number of para-hydroxylation sites is 1. The lowest BCUT2D eigenvalue weighted by Crippen LogP contribution is -2.28. The number of rotatable bonds is 5. The minimum Gasteiger partial charge on any atom is -0.467 e. The van der Waals surface area contributed by atoms with Crippen molar-refractivity contribution in [2.24, 2.45) is 0 Å². The van der Waals surface area contributed by atoms with Gasteiger partial charge in [0.25, 0.3) is 23.0 Å². The van der Waals surface area contributed by atoms with E-state index in [0.29, 0.717) is 16.3 Å². The van der Waals surface area contributed by atoms with Crippen molar-refractivity contribution in [1.29, 1.82) is 0 Å². The van der Waals surface area contributed by atoms with Gasteiger partial charge < -0.3 is 14.6 Å². The molecule has 4 amide bonds. The summed E-state index contributed by atoms with van der Waals surface area (Å²) in [5, 5.41) is 2.60. The molecule has 1 aliphatic heterocycles. The second kappa shape index (κ2) is 8.72. The van der Waals surface area contributed by atoms with Gasteiger partial charge >= 0.3 is 0 Å². The first-order valence-corrected chi connectivity index (χ1v) is 10.5. The Hall–Kier alpha value is -3.85. The van der Waals surface area contributed by atoms with Gasteiger partial charge in [0.2, 0.25) is 0 Å². The van der Waals surface area contributed by atoms with Crippen molar-refractivity contribution in [2.75, 3.05) is 19.4 Å². The van der Waals surface area contributed by atoms with Crippen molar-refractivity contribution in [3.05, 3.63) is 83.3 Å². The maximum Gasteiger partial charge on any atom is 0.286 e. The summed E-state index contributed by atoms with van der Waals surface area (Å²) in [7, 11) is 3.29. The zero-order valence-corrected chi connectivity index (χ0v) is 18.1. The number of nitrogens with one attached hydrogen (secondary N) is 1. The molecule has 162 valence electrons. The highest BCUT2D eigenvalue weighted by Crippen LogP contribution is 2.30. The predicted octanol–water partition coefficient (Wildman–Crippen LogP) is 4.10. The Bertz CT molecular complexity index is 1220. The first-order chi connectivity index (χ1) is 15.3. The summed E-state index contributed by atoms with van der Waals surface area (Å²) in [5.74, 6) is -0.886. The zero-order chi connectivity index (χ0) is 22.8. The van der Waals surface area contributed by atoms with Gasteiger partial charge in [-0.2, -0.15) is 0 Å². The Balaban J connectivity index is 1.54. The molecule has 0 atom stereocenters. The Morgan fingerprint density at radius 1 is 1.00 bits per heavy atom. The average molecular weight is 449 g/mol. The van der Waals surface area contributed by atoms with Crippen LogP contribution in [-0.4, -0.2) is 46.9 Å². The molecule has 0 bridgehead atoms. The third kappa shape index (κ3) is 4.15. The Morgan fingerprint density at radius 2 is 1.75 bits per heavy atom. The van der Waals surface area contributed by atoms with Crippen molar-refractivity contribution in [1.82, 2.24) is 9.80 Å². The van der Waals surface area contributed by atoms with Gasteiger partial charge in [0.05, 0.1) is 29.6 Å². The van der Waals surface area contributed by atoms with Crippen LogP contribution in [0.15, 0.2) is 70.2 Å². The fraction of sp³-hybridized carbons (Fsp3) is 0.130. The van der Waals surface area contributed by atoms with Crippen LogP contribution < -0.4 is 5.32 Å². The van der Waals surface area contributed by atoms with Gasteiger partial charge in [-0.05, 0) is 54.2 Å². The highest BCUT2D eigenvalue weighted by molar-refractivity contribution is 8.13. The molecule has 2 heterocycles. The molecule has 32 heavy (non-hydrogen) atoms. The lowest BCUT2D eigenvalue weighted by molar-refractivity contribution is 0.0631. The molecule has 0 aliphatic carbocycles. The van der Waals surface area contributed by atoms with E-state index in [1.165, 1.54) is 29.4 Å². The second-order valence-electron chi connectivity index (χ2n) is 7.25. The number of amides is 4. The number of anilines is 1. The van der Waals surface area contributed by atoms with E-state index in [-0.39, 0.29) is 28.5 Å². The van der Waals surface area contributed by atoms with Gasteiger partial charge in [0, 0.05) is 24.6 Å². The number of fused-ring (bicyclic) bond motifs is 1. The number of benzene rings is 2. The zero-order valence-electron chi connectivity index (χ0n) is 17.3. The lowest BCUT2D eigenvalue weighted by Gasteiger charge is -2.13. The Kier molecular flexibility index (Phi) is 5.83. The molecule has 0 saturated carbocycles. The molecule has 1 aromatic heterocycles. The molecular weight excluding hydrogens is 430 g/mol. The summed E-state index contributed by atoms with van der Waals surface area (Å²) in [4.78, 5) is 53.5. The number of furan rings is 1. The smallest absolute Gasteiger partial charge is 0.286 e. The molecule has 1 N–H and O–H groups in total. The molecule has 0 spiro atoms. The average Bonchev–Trinajstić information content (AvgIpc) is 3.37. The molecule has 0 unspecified atom stereocenters.